The molecule has 2 amide bonds. The molecule has 0 aromatic heterocycles. The fourth-order valence-corrected chi connectivity index (χ4v) is 2.63. The Bertz CT molecular complexity index is 1080. The largest absolute Gasteiger partial charge is 0.481 e. The normalized spacial score (nSPS) is 11.0. The third-order valence-corrected chi connectivity index (χ3v) is 4.20. The van der Waals surface area contributed by atoms with Gasteiger partial charge in [-0.25, -0.2) is 0 Å². The van der Waals surface area contributed by atoms with Crippen molar-refractivity contribution >= 4 is 23.5 Å². The number of hydrogen-bond donors (Lipinski definition) is 3. The van der Waals surface area contributed by atoms with Crippen LogP contribution in [0.25, 0.3) is 10.4 Å². The molecule has 1 atom stereocenters. The maximum absolute atomic E-state index is 13.4. The van der Waals surface area contributed by atoms with E-state index in [2.05, 4.69) is 20.7 Å². The van der Waals surface area contributed by atoms with Crippen molar-refractivity contribution in [1.82, 2.24) is 10.6 Å². The molecule has 0 aliphatic carbocycles. The smallest absolute Gasteiger partial charge is 0.305 e. The molecule has 12 nitrogen and oxygen atoms in total. The van der Waals surface area contributed by atoms with Gasteiger partial charge < -0.3 is 15.7 Å². The molecule has 0 saturated carbocycles. The van der Waals surface area contributed by atoms with E-state index >= 15 is 0 Å². The first-order valence-electron chi connectivity index (χ1n) is 9.06. The number of carboxylic acid groups (broad SMARTS) is 1. The van der Waals surface area contributed by atoms with Crippen molar-refractivity contribution in [3.63, 3.8) is 0 Å². The zero-order chi connectivity index (χ0) is 23.7. The van der Waals surface area contributed by atoms with E-state index in [9.17, 15) is 28.9 Å². The van der Waals surface area contributed by atoms with Crippen molar-refractivity contribution in [3.05, 3.63) is 85.5 Å². The molecule has 0 saturated heterocycles. The number of nitrogens with zero attached hydrogens (tertiary/aromatic N) is 4. The number of halogens is 1. The van der Waals surface area contributed by atoms with Gasteiger partial charge in [0.25, 0.3) is 11.8 Å². The van der Waals surface area contributed by atoms with Crippen LogP contribution in [0.5, 0.6) is 0 Å². The van der Waals surface area contributed by atoms with Gasteiger partial charge in [0, 0.05) is 41.2 Å². The Hall–Kier alpha value is -4.51. The van der Waals surface area contributed by atoms with Crippen LogP contribution in [0.2, 0.25) is 0 Å². The summed E-state index contributed by atoms with van der Waals surface area (Å²) in [5, 5.41) is 27.9. The SMILES string of the molecule is [N-]=[N+]=NC[C@H](CC(=O)O)NC(=O)c1ccc(CNC(=O)c2ccc(F)c([N+](=O)[O-])c2)cc1. The second kappa shape index (κ2) is 11.0. The molecular formula is C19H17FN6O6. The molecule has 3 N–H and O–H groups in total. The molecule has 0 aliphatic rings. The lowest BCUT2D eigenvalue weighted by molar-refractivity contribution is -0.387. The fraction of sp³-hybridized carbons (Fsp3) is 0.211. The number of nitrogens with one attached hydrogen (secondary N) is 2. The quantitative estimate of drug-likeness (QED) is 0.166. The number of benzene rings is 2. The van der Waals surface area contributed by atoms with Crippen LogP contribution in [0.3, 0.4) is 0 Å². The lowest BCUT2D eigenvalue weighted by Crippen LogP contribution is -2.38. The van der Waals surface area contributed by atoms with E-state index in [0.29, 0.717) is 5.56 Å². The number of nitro benzene ring substituents is 1. The third-order valence-electron chi connectivity index (χ3n) is 4.20. The van der Waals surface area contributed by atoms with E-state index in [1.807, 2.05) is 0 Å². The van der Waals surface area contributed by atoms with Crippen molar-refractivity contribution < 1.29 is 28.8 Å². The number of nitro groups is 1. The predicted molar refractivity (Wildman–Crippen MR) is 108 cm³/mol. The summed E-state index contributed by atoms with van der Waals surface area (Å²) in [7, 11) is 0. The zero-order valence-corrected chi connectivity index (χ0v) is 16.4. The van der Waals surface area contributed by atoms with Crippen LogP contribution in [0.15, 0.2) is 47.6 Å². The molecule has 166 valence electrons. The highest BCUT2D eigenvalue weighted by Gasteiger charge is 2.18. The van der Waals surface area contributed by atoms with Gasteiger partial charge in [0.05, 0.1) is 11.3 Å². The average Bonchev–Trinajstić information content (AvgIpc) is 2.75. The summed E-state index contributed by atoms with van der Waals surface area (Å²) in [5.41, 5.74) is 8.28. The zero-order valence-electron chi connectivity index (χ0n) is 16.4. The van der Waals surface area contributed by atoms with Crippen molar-refractivity contribution in [3.8, 4) is 0 Å². The van der Waals surface area contributed by atoms with Crippen molar-refractivity contribution in [2.45, 2.75) is 19.0 Å². The van der Waals surface area contributed by atoms with Gasteiger partial charge in [0.2, 0.25) is 5.82 Å². The van der Waals surface area contributed by atoms with Gasteiger partial charge in [-0.2, -0.15) is 4.39 Å². The van der Waals surface area contributed by atoms with Crippen LogP contribution in [-0.4, -0.2) is 40.4 Å². The Balaban J connectivity index is 1.98. The van der Waals surface area contributed by atoms with Crippen LogP contribution >= 0.6 is 0 Å². The highest BCUT2D eigenvalue weighted by molar-refractivity contribution is 5.95. The van der Waals surface area contributed by atoms with E-state index in [-0.39, 0.29) is 24.2 Å². The monoisotopic (exact) mass is 444 g/mol. The minimum Gasteiger partial charge on any atom is -0.481 e. The van der Waals surface area contributed by atoms with Gasteiger partial charge in [0.15, 0.2) is 0 Å². The first-order chi connectivity index (χ1) is 15.2. The lowest BCUT2D eigenvalue weighted by atomic mass is 10.1. The summed E-state index contributed by atoms with van der Waals surface area (Å²) in [6.45, 7) is -0.190. The molecule has 32 heavy (non-hydrogen) atoms. The Labute approximate surface area is 179 Å². The number of azide groups is 1. The summed E-state index contributed by atoms with van der Waals surface area (Å²) in [5.74, 6) is -3.44. The number of carbonyl (C=O) groups is 3. The average molecular weight is 444 g/mol. The molecule has 0 heterocycles. The molecule has 0 fully saturated rings. The molecule has 0 unspecified atom stereocenters. The standard InChI is InChI=1S/C19H17FN6O6/c20-15-6-5-13(7-16(15)26(31)32)18(29)22-9-11-1-3-12(4-2-11)19(30)24-14(8-17(27)28)10-23-25-21/h1-7,14H,8-10H2,(H,22,29)(H,24,30)(H,27,28)/t14-/m0/s1. The van der Waals surface area contributed by atoms with Crippen LogP contribution in [0.4, 0.5) is 10.1 Å². The number of hydrogen-bond acceptors (Lipinski definition) is 6. The number of carboxylic acids is 1. The number of carbonyl (C=O) groups excluding carboxylic acids is 2. The van der Waals surface area contributed by atoms with E-state index < -0.39 is 46.7 Å². The topological polar surface area (TPSA) is 187 Å². The fourth-order valence-electron chi connectivity index (χ4n) is 2.63. The van der Waals surface area contributed by atoms with Gasteiger partial charge in [-0.05, 0) is 35.4 Å². The van der Waals surface area contributed by atoms with Gasteiger partial charge in [-0.15, -0.1) is 0 Å². The van der Waals surface area contributed by atoms with Crippen LogP contribution < -0.4 is 10.6 Å². The molecule has 2 aromatic carbocycles. The molecule has 0 radical (unpaired) electrons. The molecule has 2 aromatic rings. The summed E-state index contributed by atoms with van der Waals surface area (Å²) in [6, 6.07) is 7.89. The second-order valence-electron chi connectivity index (χ2n) is 6.48. The Morgan fingerprint density at radius 3 is 2.41 bits per heavy atom. The number of amides is 2. The molecule has 13 heteroatoms. The summed E-state index contributed by atoms with van der Waals surface area (Å²) >= 11 is 0. The van der Waals surface area contributed by atoms with Crippen molar-refractivity contribution in [2.75, 3.05) is 6.54 Å². The van der Waals surface area contributed by atoms with E-state index in [1.54, 1.807) is 12.1 Å². The van der Waals surface area contributed by atoms with E-state index in [4.69, 9.17) is 10.6 Å². The lowest BCUT2D eigenvalue weighted by Gasteiger charge is -2.14. The number of rotatable bonds is 10. The maximum Gasteiger partial charge on any atom is 0.305 e. The molecule has 2 rings (SSSR count). The van der Waals surface area contributed by atoms with Gasteiger partial charge in [-0.3, -0.25) is 24.5 Å². The Morgan fingerprint density at radius 2 is 1.81 bits per heavy atom. The Kier molecular flexibility index (Phi) is 8.20. The third kappa shape index (κ3) is 6.78. The second-order valence-corrected chi connectivity index (χ2v) is 6.48. The van der Waals surface area contributed by atoms with Crippen molar-refractivity contribution in [1.29, 1.82) is 0 Å². The minimum atomic E-state index is -1.17. The first-order valence-corrected chi connectivity index (χ1v) is 9.06. The van der Waals surface area contributed by atoms with Gasteiger partial charge >= 0.3 is 11.7 Å². The predicted octanol–water partition coefficient (Wildman–Crippen LogP) is 2.55. The molecule has 0 spiro atoms. The van der Waals surface area contributed by atoms with Crippen LogP contribution in [0, 0.1) is 15.9 Å². The molecule has 0 bridgehead atoms. The summed E-state index contributed by atoms with van der Waals surface area (Å²) < 4.78 is 13.4. The minimum absolute atomic E-state index is 0.0322. The molecule has 0 aliphatic heterocycles. The van der Waals surface area contributed by atoms with Gasteiger partial charge in [-0.1, -0.05) is 17.2 Å². The first kappa shape index (κ1) is 23.8. The summed E-state index contributed by atoms with van der Waals surface area (Å²) in [6.07, 6.45) is -0.420. The summed E-state index contributed by atoms with van der Waals surface area (Å²) in [4.78, 5) is 47.7. The highest BCUT2D eigenvalue weighted by Crippen LogP contribution is 2.18. The van der Waals surface area contributed by atoms with E-state index in [0.717, 1.165) is 18.2 Å². The molecular weight excluding hydrogens is 427 g/mol. The highest BCUT2D eigenvalue weighted by atomic mass is 19.1. The van der Waals surface area contributed by atoms with Crippen LogP contribution in [0.1, 0.15) is 32.7 Å². The van der Waals surface area contributed by atoms with Crippen LogP contribution in [-0.2, 0) is 11.3 Å². The van der Waals surface area contributed by atoms with Gasteiger partial charge in [0.1, 0.15) is 0 Å². The maximum atomic E-state index is 13.4. The van der Waals surface area contributed by atoms with E-state index in [1.165, 1.54) is 12.1 Å². The Morgan fingerprint density at radius 1 is 1.16 bits per heavy atom. The number of aliphatic carboxylic acids is 1. The van der Waals surface area contributed by atoms with Crippen molar-refractivity contribution in [2.24, 2.45) is 5.11 Å².